The predicted octanol–water partition coefficient (Wildman–Crippen LogP) is 1.99. The van der Waals surface area contributed by atoms with Gasteiger partial charge in [0.05, 0.1) is 11.5 Å². The van der Waals surface area contributed by atoms with Crippen LogP contribution in [0.5, 0.6) is 0 Å². The molecule has 1 saturated heterocycles. The van der Waals surface area contributed by atoms with Crippen LogP contribution in [0.2, 0.25) is 0 Å². The minimum absolute atomic E-state index is 0.0122. The molecule has 2 amide bonds. The number of hydrogen-bond donors (Lipinski definition) is 2. The molecule has 1 aromatic carbocycles. The van der Waals surface area contributed by atoms with E-state index in [1.165, 1.54) is 22.5 Å². The van der Waals surface area contributed by atoms with E-state index in [1.807, 2.05) is 31.2 Å². The number of aromatic nitrogens is 2. The molecule has 3 rings (SSSR count). The van der Waals surface area contributed by atoms with Crippen LogP contribution in [0.4, 0.5) is 9.93 Å². The van der Waals surface area contributed by atoms with Crippen LogP contribution in [0.1, 0.15) is 22.6 Å². The molecule has 1 aliphatic heterocycles. The number of nitrogens with zero attached hydrogens (tertiary/aromatic N) is 2. The van der Waals surface area contributed by atoms with Crippen molar-refractivity contribution in [2.45, 2.75) is 19.8 Å². The molecule has 1 unspecified atom stereocenters. The molecular formula is C16H20N4O3S2. The molecule has 2 N–H and O–H groups in total. The minimum atomic E-state index is -2.92. The number of amides is 2. The molecule has 2 aromatic rings. The van der Waals surface area contributed by atoms with Gasteiger partial charge in [-0.15, -0.1) is 10.2 Å². The minimum Gasteiger partial charge on any atom is -0.337 e. The number of rotatable bonds is 5. The molecule has 0 radical (unpaired) electrons. The van der Waals surface area contributed by atoms with Crippen molar-refractivity contribution in [3.05, 3.63) is 40.4 Å². The number of anilines is 1. The van der Waals surface area contributed by atoms with Gasteiger partial charge in [0, 0.05) is 13.0 Å². The van der Waals surface area contributed by atoms with Gasteiger partial charge in [0.25, 0.3) is 0 Å². The fourth-order valence-electron chi connectivity index (χ4n) is 2.76. The first-order valence-electron chi connectivity index (χ1n) is 8.03. The Morgan fingerprint density at radius 2 is 2.12 bits per heavy atom. The number of hydrogen-bond acceptors (Lipinski definition) is 6. The van der Waals surface area contributed by atoms with Crippen molar-refractivity contribution >= 4 is 32.3 Å². The van der Waals surface area contributed by atoms with Crippen LogP contribution in [0.15, 0.2) is 24.3 Å². The maximum Gasteiger partial charge on any atom is 0.321 e. The van der Waals surface area contributed by atoms with Crippen LogP contribution in [0.3, 0.4) is 0 Å². The van der Waals surface area contributed by atoms with Gasteiger partial charge in [0.15, 0.2) is 9.84 Å². The van der Waals surface area contributed by atoms with Crippen LogP contribution in [-0.4, -0.2) is 42.7 Å². The molecule has 1 atom stereocenters. The molecule has 0 spiro atoms. The number of carbonyl (C=O) groups excluding carboxylic acids is 1. The third-order valence-electron chi connectivity index (χ3n) is 4.17. The van der Waals surface area contributed by atoms with Gasteiger partial charge in [0.2, 0.25) is 5.13 Å². The highest BCUT2D eigenvalue weighted by Crippen LogP contribution is 2.20. The average Bonchev–Trinajstić information content (AvgIpc) is 3.13. The van der Waals surface area contributed by atoms with Crippen LogP contribution in [0, 0.1) is 12.8 Å². The first-order chi connectivity index (χ1) is 11.9. The lowest BCUT2D eigenvalue weighted by atomic mass is 10.1. The van der Waals surface area contributed by atoms with Gasteiger partial charge in [0.1, 0.15) is 5.01 Å². The lowest BCUT2D eigenvalue weighted by molar-refractivity contribution is 0.250. The summed E-state index contributed by atoms with van der Waals surface area (Å²) in [7, 11) is -2.92. The first kappa shape index (κ1) is 17.8. The standard InChI is InChI=1S/C16H20N4O3S2/c1-11-4-2-3-5-13(11)8-14-19-20-16(24-14)18-15(21)17-9-12-6-7-25(22,23)10-12/h2-5,12H,6-10H2,1H3,(H2,17,18,20,21). The van der Waals surface area contributed by atoms with E-state index in [4.69, 9.17) is 0 Å². The summed E-state index contributed by atoms with van der Waals surface area (Å²) in [5, 5.41) is 14.7. The lowest BCUT2D eigenvalue weighted by Gasteiger charge is -2.09. The normalized spacial score (nSPS) is 18.8. The monoisotopic (exact) mass is 380 g/mol. The van der Waals surface area contributed by atoms with Crippen molar-refractivity contribution in [1.29, 1.82) is 0 Å². The molecule has 7 nitrogen and oxygen atoms in total. The predicted molar refractivity (Wildman–Crippen MR) is 97.7 cm³/mol. The fraction of sp³-hybridized carbons (Fsp3) is 0.438. The summed E-state index contributed by atoms with van der Waals surface area (Å²) in [5.74, 6) is 0.341. The van der Waals surface area contributed by atoms with Crippen LogP contribution < -0.4 is 10.6 Å². The van der Waals surface area contributed by atoms with E-state index in [1.54, 1.807) is 0 Å². The Balaban J connectivity index is 1.49. The lowest BCUT2D eigenvalue weighted by Crippen LogP contribution is -2.33. The van der Waals surface area contributed by atoms with E-state index in [0.29, 0.717) is 24.5 Å². The molecule has 0 bridgehead atoms. The smallest absolute Gasteiger partial charge is 0.321 e. The molecule has 25 heavy (non-hydrogen) atoms. The summed E-state index contributed by atoms with van der Waals surface area (Å²) in [6.07, 6.45) is 1.27. The van der Waals surface area contributed by atoms with E-state index in [-0.39, 0.29) is 23.5 Å². The number of sulfone groups is 1. The summed E-state index contributed by atoms with van der Waals surface area (Å²) >= 11 is 1.33. The van der Waals surface area contributed by atoms with Crippen molar-refractivity contribution < 1.29 is 13.2 Å². The van der Waals surface area contributed by atoms with Crippen molar-refractivity contribution in [2.75, 3.05) is 23.4 Å². The highest BCUT2D eigenvalue weighted by atomic mass is 32.2. The van der Waals surface area contributed by atoms with Gasteiger partial charge in [-0.1, -0.05) is 35.6 Å². The molecule has 1 aliphatic rings. The Hall–Kier alpha value is -2.00. The highest BCUT2D eigenvalue weighted by molar-refractivity contribution is 7.91. The number of carbonyl (C=O) groups is 1. The van der Waals surface area contributed by atoms with E-state index < -0.39 is 9.84 Å². The first-order valence-corrected chi connectivity index (χ1v) is 10.7. The van der Waals surface area contributed by atoms with Gasteiger partial charge in [-0.3, -0.25) is 5.32 Å². The zero-order chi connectivity index (χ0) is 17.9. The second kappa shape index (κ2) is 7.49. The van der Waals surface area contributed by atoms with Gasteiger partial charge in [-0.05, 0) is 30.4 Å². The second-order valence-corrected chi connectivity index (χ2v) is 9.50. The van der Waals surface area contributed by atoms with Gasteiger partial charge < -0.3 is 5.32 Å². The van der Waals surface area contributed by atoms with Gasteiger partial charge >= 0.3 is 6.03 Å². The zero-order valence-corrected chi connectivity index (χ0v) is 15.5. The molecule has 0 aliphatic carbocycles. The summed E-state index contributed by atoms with van der Waals surface area (Å²) in [5.41, 5.74) is 2.37. The molecule has 9 heteroatoms. The van der Waals surface area contributed by atoms with Crippen molar-refractivity contribution in [1.82, 2.24) is 15.5 Å². The maximum atomic E-state index is 11.9. The van der Waals surface area contributed by atoms with Crippen LogP contribution in [0.25, 0.3) is 0 Å². The summed E-state index contributed by atoms with van der Waals surface area (Å²) in [6, 6.07) is 7.69. The number of nitrogens with one attached hydrogen (secondary N) is 2. The molecule has 1 fully saturated rings. The van der Waals surface area contributed by atoms with Crippen molar-refractivity contribution in [3.8, 4) is 0 Å². The molecule has 134 valence electrons. The van der Waals surface area contributed by atoms with E-state index >= 15 is 0 Å². The molecule has 2 heterocycles. The highest BCUT2D eigenvalue weighted by Gasteiger charge is 2.27. The summed E-state index contributed by atoms with van der Waals surface area (Å²) < 4.78 is 22.8. The Labute approximate surface area is 150 Å². The number of benzene rings is 1. The zero-order valence-electron chi connectivity index (χ0n) is 13.9. The van der Waals surface area contributed by atoms with E-state index in [2.05, 4.69) is 20.8 Å². The van der Waals surface area contributed by atoms with Crippen LogP contribution in [-0.2, 0) is 16.3 Å². The Kier molecular flexibility index (Phi) is 5.33. The Morgan fingerprint density at radius 1 is 1.32 bits per heavy atom. The van der Waals surface area contributed by atoms with Crippen LogP contribution >= 0.6 is 11.3 Å². The quantitative estimate of drug-likeness (QED) is 0.826. The largest absolute Gasteiger partial charge is 0.337 e. The fourth-order valence-corrected chi connectivity index (χ4v) is 5.38. The molecule has 1 aromatic heterocycles. The number of urea groups is 1. The molecule has 0 saturated carbocycles. The summed E-state index contributed by atoms with van der Waals surface area (Å²) in [4.78, 5) is 11.9. The number of aryl methyl sites for hydroxylation is 1. The van der Waals surface area contributed by atoms with Crippen molar-refractivity contribution in [2.24, 2.45) is 5.92 Å². The van der Waals surface area contributed by atoms with E-state index in [9.17, 15) is 13.2 Å². The summed E-state index contributed by atoms with van der Waals surface area (Å²) in [6.45, 7) is 2.39. The van der Waals surface area contributed by atoms with Gasteiger partial charge in [-0.2, -0.15) is 0 Å². The maximum absolute atomic E-state index is 11.9. The Bertz CT molecular complexity index is 864. The second-order valence-electron chi connectivity index (χ2n) is 6.21. The molecular weight excluding hydrogens is 360 g/mol. The van der Waals surface area contributed by atoms with Gasteiger partial charge in [-0.25, -0.2) is 13.2 Å². The third-order valence-corrected chi connectivity index (χ3v) is 6.84. The Morgan fingerprint density at radius 3 is 2.84 bits per heavy atom. The third kappa shape index (κ3) is 4.99. The topological polar surface area (TPSA) is 101 Å². The van der Waals surface area contributed by atoms with Crippen molar-refractivity contribution in [3.63, 3.8) is 0 Å². The van der Waals surface area contributed by atoms with E-state index in [0.717, 1.165) is 5.01 Å². The average molecular weight is 380 g/mol. The SMILES string of the molecule is Cc1ccccc1Cc1nnc(NC(=O)NCC2CCS(=O)(=O)C2)s1.